The summed E-state index contributed by atoms with van der Waals surface area (Å²) in [6.45, 7) is 9.68. The molecule has 0 saturated carbocycles. The van der Waals surface area contributed by atoms with Crippen molar-refractivity contribution in [2.24, 2.45) is 0 Å². The van der Waals surface area contributed by atoms with Gasteiger partial charge in [-0.3, -0.25) is 14.4 Å². The van der Waals surface area contributed by atoms with Gasteiger partial charge in [0.15, 0.2) is 0 Å². The van der Waals surface area contributed by atoms with E-state index in [1.807, 2.05) is 32.0 Å². The molecule has 8 rings (SSSR count). The molecule has 4 heterocycles. The standard InChI is InChI=1S/C27H26ClN3O5.C26H24ClN3O6/c1-16-9-23-25(14-26(16)34-8-4-5-17(2)32)29-15-30-27(23)35-22-7-6-19(24(28)13-22)11-21(33)12-20-10-18(3)36-31-20;1-15-8-21-23(13-24(15)34-7-3-4-25(32)33)28-14-29-26(21)35-20-6-5-17(22(27)12-20)10-19(31)11-18-9-16(2)36-30-18/h6-7,9-10,13-15H,4-5,8,11-12H2,1-3H3;5-6,8-9,12-14H,3-4,7,10-11H2,1-2H3,(H,32,33). The van der Waals surface area contributed by atoms with Crippen LogP contribution in [0.5, 0.6) is 34.8 Å². The number of benzene rings is 4. The lowest BCUT2D eigenvalue weighted by Gasteiger charge is -2.13. The van der Waals surface area contributed by atoms with Crippen molar-refractivity contribution < 1.29 is 52.3 Å². The highest BCUT2D eigenvalue weighted by Crippen LogP contribution is 2.35. The molecule has 0 fully saturated rings. The first-order valence-corrected chi connectivity index (χ1v) is 23.6. The fraction of sp³-hybridized carbons (Fsp3) is 0.283. The number of halogens is 2. The van der Waals surface area contributed by atoms with Crippen molar-refractivity contribution in [2.45, 2.75) is 86.0 Å². The van der Waals surface area contributed by atoms with Gasteiger partial charge in [0.05, 0.1) is 59.2 Å². The van der Waals surface area contributed by atoms with Crippen LogP contribution in [-0.4, -0.2) is 71.9 Å². The minimum absolute atomic E-state index is 0.0181. The number of carboxylic acids is 1. The van der Waals surface area contributed by atoms with Crippen LogP contribution in [0.3, 0.4) is 0 Å². The van der Waals surface area contributed by atoms with E-state index in [4.69, 9.17) is 56.3 Å². The summed E-state index contributed by atoms with van der Waals surface area (Å²) in [7, 11) is 0. The summed E-state index contributed by atoms with van der Waals surface area (Å²) in [5.41, 5.74) is 5.61. The summed E-state index contributed by atoms with van der Waals surface area (Å²) in [5.74, 6) is 3.57. The van der Waals surface area contributed by atoms with Crippen molar-refractivity contribution in [2.75, 3.05) is 13.2 Å². The van der Waals surface area contributed by atoms with E-state index in [9.17, 15) is 19.2 Å². The fourth-order valence-electron chi connectivity index (χ4n) is 7.37. The van der Waals surface area contributed by atoms with E-state index >= 15 is 0 Å². The third-order valence-corrected chi connectivity index (χ3v) is 11.6. The van der Waals surface area contributed by atoms with Crippen molar-refractivity contribution >= 4 is 68.3 Å². The number of aromatic nitrogens is 6. The Labute approximate surface area is 423 Å². The molecule has 1 N–H and O–H groups in total. The van der Waals surface area contributed by atoms with Crippen molar-refractivity contribution in [3.05, 3.63) is 141 Å². The first-order chi connectivity index (χ1) is 34.6. The molecule has 4 aromatic carbocycles. The molecule has 19 heteroatoms. The number of ether oxygens (including phenoxy) is 4. The molecule has 0 radical (unpaired) electrons. The topological polar surface area (TPSA) is 229 Å². The van der Waals surface area contributed by atoms with Crippen LogP contribution in [0.15, 0.2) is 94.5 Å². The molecular weight excluding hydrogens is 968 g/mol. The predicted octanol–water partition coefficient (Wildman–Crippen LogP) is 11.1. The Balaban J connectivity index is 0.000000211. The molecule has 4 aromatic heterocycles. The molecule has 0 unspecified atom stereocenters. The van der Waals surface area contributed by atoms with Crippen molar-refractivity contribution in [3.63, 3.8) is 0 Å². The van der Waals surface area contributed by atoms with Gasteiger partial charge in [0, 0.05) is 60.0 Å². The minimum atomic E-state index is -0.857. The maximum atomic E-state index is 12.4. The van der Waals surface area contributed by atoms with Gasteiger partial charge in [0.25, 0.3) is 0 Å². The van der Waals surface area contributed by atoms with Crippen LogP contribution >= 0.6 is 23.2 Å². The van der Waals surface area contributed by atoms with E-state index in [-0.39, 0.29) is 49.5 Å². The quantitative estimate of drug-likeness (QED) is 0.0622. The molecule has 0 atom stereocenters. The lowest BCUT2D eigenvalue weighted by Crippen LogP contribution is -2.07. The van der Waals surface area contributed by atoms with E-state index in [2.05, 4.69) is 30.2 Å². The van der Waals surface area contributed by atoms with E-state index in [1.54, 1.807) is 75.4 Å². The number of rotatable bonds is 22. The zero-order chi connectivity index (χ0) is 51.3. The zero-order valence-corrected chi connectivity index (χ0v) is 41.6. The summed E-state index contributed by atoms with van der Waals surface area (Å²) in [4.78, 5) is 63.8. The number of hydrogen-bond donors (Lipinski definition) is 1. The predicted molar refractivity (Wildman–Crippen MR) is 267 cm³/mol. The first-order valence-electron chi connectivity index (χ1n) is 22.8. The number of carbonyl (C=O) groups excluding carboxylic acids is 3. The SMILES string of the molecule is CC(=O)CCCOc1cc2ncnc(Oc3ccc(CC(=O)Cc4cc(C)on4)c(Cl)c3)c2cc1C.Cc1cc(CC(=O)Cc2ccc(Oc3ncnc4cc(OCCCC(=O)O)c(C)cc34)cc2Cl)no1. The Morgan fingerprint density at radius 2 is 1.01 bits per heavy atom. The van der Waals surface area contributed by atoms with Gasteiger partial charge in [0.2, 0.25) is 11.8 Å². The number of nitrogens with zero attached hydrogens (tertiary/aromatic N) is 6. The Kier molecular flexibility index (Phi) is 17.6. The van der Waals surface area contributed by atoms with Crippen molar-refractivity contribution in [1.82, 2.24) is 30.2 Å². The van der Waals surface area contributed by atoms with Crippen LogP contribution in [0.4, 0.5) is 0 Å². The van der Waals surface area contributed by atoms with Crippen molar-refractivity contribution in [1.29, 1.82) is 0 Å². The Morgan fingerprint density at radius 1 is 0.569 bits per heavy atom. The van der Waals surface area contributed by atoms with Gasteiger partial charge in [-0.2, -0.15) is 0 Å². The lowest BCUT2D eigenvalue weighted by molar-refractivity contribution is -0.137. The average molecular weight is 1020 g/mol. The highest BCUT2D eigenvalue weighted by Gasteiger charge is 2.17. The van der Waals surface area contributed by atoms with Crippen LogP contribution in [0.1, 0.15) is 77.8 Å². The number of Topliss-reactive ketones (excluding diaryl/α,β-unsaturated/α-hetero) is 3. The van der Waals surface area contributed by atoms with Crippen LogP contribution in [0, 0.1) is 27.7 Å². The van der Waals surface area contributed by atoms with E-state index in [0.29, 0.717) is 128 Å². The molecule has 0 spiro atoms. The van der Waals surface area contributed by atoms with Gasteiger partial charge in [-0.1, -0.05) is 45.6 Å². The van der Waals surface area contributed by atoms with Gasteiger partial charge in [-0.15, -0.1) is 0 Å². The molecule has 17 nitrogen and oxygen atoms in total. The fourth-order valence-corrected chi connectivity index (χ4v) is 7.84. The summed E-state index contributed by atoms with van der Waals surface area (Å²) in [6, 6.07) is 21.2. The van der Waals surface area contributed by atoms with Crippen LogP contribution < -0.4 is 18.9 Å². The summed E-state index contributed by atoms with van der Waals surface area (Å²) >= 11 is 12.9. The summed E-state index contributed by atoms with van der Waals surface area (Å²) < 4.78 is 33.6. The second-order valence-corrected chi connectivity index (χ2v) is 17.8. The molecule has 72 heavy (non-hydrogen) atoms. The molecular formula is C53H50Cl2N6O11. The largest absolute Gasteiger partial charge is 0.493 e. The van der Waals surface area contributed by atoms with E-state index < -0.39 is 5.97 Å². The maximum Gasteiger partial charge on any atom is 0.303 e. The third kappa shape index (κ3) is 14.6. The summed E-state index contributed by atoms with van der Waals surface area (Å²) in [6.07, 6.45) is 5.11. The van der Waals surface area contributed by atoms with Crippen LogP contribution in [-0.2, 0) is 44.9 Å². The number of fused-ring (bicyclic) bond motifs is 2. The van der Waals surface area contributed by atoms with E-state index in [0.717, 1.165) is 16.5 Å². The zero-order valence-electron chi connectivity index (χ0n) is 40.1. The number of aliphatic carboxylic acids is 1. The molecule has 0 aliphatic rings. The van der Waals surface area contributed by atoms with Crippen molar-refractivity contribution in [3.8, 4) is 34.8 Å². The van der Waals surface area contributed by atoms with Gasteiger partial charge < -0.3 is 37.9 Å². The number of hydrogen-bond acceptors (Lipinski definition) is 16. The molecule has 0 amide bonds. The normalized spacial score (nSPS) is 11.0. The van der Waals surface area contributed by atoms with Gasteiger partial charge in [0.1, 0.15) is 64.5 Å². The highest BCUT2D eigenvalue weighted by atomic mass is 35.5. The molecule has 0 aliphatic carbocycles. The maximum absolute atomic E-state index is 12.4. The number of carbonyl (C=O) groups is 4. The minimum Gasteiger partial charge on any atom is -0.493 e. The lowest BCUT2D eigenvalue weighted by atomic mass is 10.1. The Hall–Kier alpha value is -7.76. The smallest absolute Gasteiger partial charge is 0.303 e. The van der Waals surface area contributed by atoms with Gasteiger partial charge >= 0.3 is 5.97 Å². The molecule has 0 aliphatic heterocycles. The van der Waals surface area contributed by atoms with Crippen LogP contribution in [0.25, 0.3) is 21.8 Å². The Morgan fingerprint density at radius 3 is 1.40 bits per heavy atom. The summed E-state index contributed by atoms with van der Waals surface area (Å²) in [5, 5.41) is 18.7. The molecule has 0 bridgehead atoms. The van der Waals surface area contributed by atoms with Gasteiger partial charge in [-0.05, 0) is 106 Å². The second-order valence-electron chi connectivity index (χ2n) is 17.0. The first kappa shape index (κ1) is 52.1. The number of ketones is 3. The van der Waals surface area contributed by atoms with Crippen LogP contribution in [0.2, 0.25) is 10.0 Å². The van der Waals surface area contributed by atoms with Gasteiger partial charge in [-0.25, -0.2) is 19.9 Å². The molecule has 8 aromatic rings. The number of carboxylic acid groups (broad SMARTS) is 1. The average Bonchev–Trinajstić information content (AvgIpc) is 3.94. The highest BCUT2D eigenvalue weighted by molar-refractivity contribution is 6.32. The monoisotopic (exact) mass is 1020 g/mol. The second kappa shape index (κ2) is 24.4. The molecule has 372 valence electrons. The Bertz CT molecular complexity index is 3050. The number of aryl methyl sites for hydroxylation is 4. The van der Waals surface area contributed by atoms with E-state index in [1.165, 1.54) is 12.7 Å². The third-order valence-electron chi connectivity index (χ3n) is 10.9. The molecule has 0 saturated heterocycles.